The lowest BCUT2D eigenvalue weighted by molar-refractivity contribution is 0.383. The third-order valence-electron chi connectivity index (χ3n) is 2.29. The van der Waals surface area contributed by atoms with Gasteiger partial charge in [0.15, 0.2) is 0 Å². The van der Waals surface area contributed by atoms with Crippen molar-refractivity contribution < 1.29 is 0 Å². The molecular weight excluding hydrogens is 214 g/mol. The molecule has 1 fully saturated rings. The van der Waals surface area contributed by atoms with E-state index < -0.39 is 0 Å². The predicted molar refractivity (Wildman–Crippen MR) is 54.2 cm³/mol. The number of halogens is 1. The highest BCUT2D eigenvalue weighted by molar-refractivity contribution is 9.10. The fourth-order valence-corrected chi connectivity index (χ4v) is 2.16. The second-order valence-electron chi connectivity index (χ2n) is 3.36. The number of benzene rings is 1. The average molecular weight is 226 g/mol. The van der Waals surface area contributed by atoms with Crippen LogP contribution in [0.4, 0.5) is 0 Å². The minimum absolute atomic E-state index is 0.598. The van der Waals surface area contributed by atoms with Crippen molar-refractivity contribution in [1.29, 1.82) is 0 Å². The second kappa shape index (κ2) is 3.19. The molecule has 0 aliphatic carbocycles. The normalized spacial score (nSPS) is 22.0. The maximum Gasteiger partial charge on any atom is 0.0332 e. The Morgan fingerprint density at radius 2 is 2.17 bits per heavy atom. The lowest BCUT2D eigenvalue weighted by Gasteiger charge is -2.28. The summed E-state index contributed by atoms with van der Waals surface area (Å²) in [5.74, 6) is 0. The van der Waals surface area contributed by atoms with Crippen molar-refractivity contribution in [3.05, 3.63) is 33.8 Å². The van der Waals surface area contributed by atoms with Gasteiger partial charge in [-0.05, 0) is 43.1 Å². The van der Waals surface area contributed by atoms with Gasteiger partial charge in [0.2, 0.25) is 0 Å². The van der Waals surface area contributed by atoms with Crippen LogP contribution in [0, 0.1) is 6.92 Å². The molecule has 0 aromatic heterocycles. The fourth-order valence-electron chi connectivity index (χ4n) is 1.54. The third-order valence-corrected chi connectivity index (χ3v) is 2.75. The first-order chi connectivity index (χ1) is 5.75. The topological polar surface area (TPSA) is 12.0 Å². The maximum atomic E-state index is 3.51. The average Bonchev–Trinajstić information content (AvgIpc) is 1.79. The van der Waals surface area contributed by atoms with E-state index in [2.05, 4.69) is 46.4 Å². The number of hydrogen-bond acceptors (Lipinski definition) is 1. The molecule has 0 bridgehead atoms. The van der Waals surface area contributed by atoms with Crippen molar-refractivity contribution in [1.82, 2.24) is 5.32 Å². The minimum Gasteiger partial charge on any atom is -0.310 e. The van der Waals surface area contributed by atoms with Gasteiger partial charge in [0.1, 0.15) is 0 Å². The maximum absolute atomic E-state index is 3.51. The van der Waals surface area contributed by atoms with Crippen LogP contribution in [0.5, 0.6) is 0 Å². The summed E-state index contributed by atoms with van der Waals surface area (Å²) in [7, 11) is 0. The highest BCUT2D eigenvalue weighted by atomic mass is 79.9. The lowest BCUT2D eigenvalue weighted by Crippen LogP contribution is -2.34. The Morgan fingerprint density at radius 1 is 1.42 bits per heavy atom. The molecule has 0 saturated carbocycles. The molecule has 1 aliphatic rings. The van der Waals surface area contributed by atoms with Gasteiger partial charge >= 0.3 is 0 Å². The zero-order valence-corrected chi connectivity index (χ0v) is 8.69. The van der Waals surface area contributed by atoms with Gasteiger partial charge in [0.05, 0.1) is 0 Å². The Bertz CT molecular complexity index is 272. The molecule has 0 unspecified atom stereocenters. The Hall–Kier alpha value is -0.340. The summed E-state index contributed by atoms with van der Waals surface area (Å²) >= 11 is 3.51. The fraction of sp³-hybridized carbons (Fsp3) is 0.400. The molecule has 12 heavy (non-hydrogen) atoms. The molecule has 0 radical (unpaired) electrons. The van der Waals surface area contributed by atoms with Gasteiger partial charge < -0.3 is 5.32 Å². The van der Waals surface area contributed by atoms with E-state index in [4.69, 9.17) is 0 Å². The summed E-state index contributed by atoms with van der Waals surface area (Å²) in [6, 6.07) is 7.19. The van der Waals surface area contributed by atoms with Crippen molar-refractivity contribution in [3.8, 4) is 0 Å². The molecule has 1 saturated heterocycles. The molecule has 2 heteroatoms. The van der Waals surface area contributed by atoms with E-state index >= 15 is 0 Å². The Balaban J connectivity index is 2.30. The van der Waals surface area contributed by atoms with Crippen LogP contribution < -0.4 is 5.32 Å². The molecule has 1 aliphatic heterocycles. The van der Waals surface area contributed by atoms with Gasteiger partial charge in [-0.2, -0.15) is 0 Å². The molecule has 1 heterocycles. The molecule has 1 nitrogen and oxygen atoms in total. The molecule has 1 aromatic rings. The van der Waals surface area contributed by atoms with Crippen LogP contribution in [0.25, 0.3) is 0 Å². The number of nitrogens with one attached hydrogen (secondary N) is 1. The van der Waals surface area contributed by atoms with E-state index in [1.54, 1.807) is 0 Å². The summed E-state index contributed by atoms with van der Waals surface area (Å²) in [6.07, 6.45) is 1.27. The van der Waals surface area contributed by atoms with Crippen molar-refractivity contribution in [2.24, 2.45) is 0 Å². The van der Waals surface area contributed by atoms with E-state index in [1.165, 1.54) is 22.0 Å². The Morgan fingerprint density at radius 3 is 2.67 bits per heavy atom. The van der Waals surface area contributed by atoms with Crippen LogP contribution in [0.2, 0.25) is 0 Å². The first-order valence-electron chi connectivity index (χ1n) is 4.26. The summed E-state index contributed by atoms with van der Waals surface area (Å²) in [5, 5.41) is 3.40. The zero-order valence-electron chi connectivity index (χ0n) is 7.10. The summed E-state index contributed by atoms with van der Waals surface area (Å²) in [4.78, 5) is 0. The minimum atomic E-state index is 0.598. The van der Waals surface area contributed by atoms with Gasteiger partial charge in [-0.25, -0.2) is 0 Å². The zero-order chi connectivity index (χ0) is 8.55. The van der Waals surface area contributed by atoms with Gasteiger partial charge in [0, 0.05) is 10.5 Å². The molecule has 2 rings (SSSR count). The third kappa shape index (κ3) is 1.54. The van der Waals surface area contributed by atoms with Crippen molar-refractivity contribution >= 4 is 15.9 Å². The lowest BCUT2D eigenvalue weighted by atomic mass is 9.97. The Kier molecular flexibility index (Phi) is 2.20. The van der Waals surface area contributed by atoms with E-state index in [0.29, 0.717) is 6.04 Å². The number of rotatable bonds is 1. The first kappa shape index (κ1) is 8.27. The van der Waals surface area contributed by atoms with Crippen LogP contribution >= 0.6 is 15.9 Å². The summed E-state index contributed by atoms with van der Waals surface area (Å²) < 4.78 is 1.19. The standard InChI is InChI=1S/C10H12BrN/c1-7-4-8(6-9(11)5-7)10-2-3-12-10/h4-6,10,12H,2-3H2,1H3/t10-/m1/s1. The van der Waals surface area contributed by atoms with E-state index in [0.717, 1.165) is 6.54 Å². The van der Waals surface area contributed by atoms with E-state index in [1.807, 2.05) is 0 Å². The number of aryl methyl sites for hydroxylation is 1. The van der Waals surface area contributed by atoms with Gasteiger partial charge in [-0.1, -0.05) is 22.0 Å². The van der Waals surface area contributed by atoms with Crippen molar-refractivity contribution in [2.75, 3.05) is 6.54 Å². The predicted octanol–water partition coefficient (Wildman–Crippen LogP) is 2.79. The molecule has 1 N–H and O–H groups in total. The molecular formula is C10H12BrN. The van der Waals surface area contributed by atoms with Crippen LogP contribution in [0.1, 0.15) is 23.6 Å². The summed E-state index contributed by atoms with van der Waals surface area (Å²) in [6.45, 7) is 3.29. The van der Waals surface area contributed by atoms with Crippen molar-refractivity contribution in [3.63, 3.8) is 0 Å². The van der Waals surface area contributed by atoms with Crippen LogP contribution in [0.15, 0.2) is 22.7 Å². The SMILES string of the molecule is Cc1cc(Br)cc([C@H]2CCN2)c1. The molecule has 1 aromatic carbocycles. The first-order valence-corrected chi connectivity index (χ1v) is 5.05. The largest absolute Gasteiger partial charge is 0.310 e. The van der Waals surface area contributed by atoms with Crippen LogP contribution in [-0.4, -0.2) is 6.54 Å². The molecule has 0 amide bonds. The second-order valence-corrected chi connectivity index (χ2v) is 4.27. The van der Waals surface area contributed by atoms with Crippen molar-refractivity contribution in [2.45, 2.75) is 19.4 Å². The number of hydrogen-bond donors (Lipinski definition) is 1. The highest BCUT2D eigenvalue weighted by Crippen LogP contribution is 2.26. The van der Waals surface area contributed by atoms with E-state index in [9.17, 15) is 0 Å². The van der Waals surface area contributed by atoms with Crippen LogP contribution in [0.3, 0.4) is 0 Å². The van der Waals surface area contributed by atoms with Gasteiger partial charge in [-0.3, -0.25) is 0 Å². The summed E-state index contributed by atoms with van der Waals surface area (Å²) in [5.41, 5.74) is 2.74. The van der Waals surface area contributed by atoms with Crippen LogP contribution in [-0.2, 0) is 0 Å². The smallest absolute Gasteiger partial charge is 0.0332 e. The highest BCUT2D eigenvalue weighted by Gasteiger charge is 2.18. The monoisotopic (exact) mass is 225 g/mol. The van der Waals surface area contributed by atoms with Gasteiger partial charge in [-0.15, -0.1) is 0 Å². The molecule has 1 atom stereocenters. The van der Waals surface area contributed by atoms with Gasteiger partial charge in [0.25, 0.3) is 0 Å². The molecule has 64 valence electrons. The van der Waals surface area contributed by atoms with E-state index in [-0.39, 0.29) is 0 Å². The Labute approximate surface area is 81.3 Å². The quantitative estimate of drug-likeness (QED) is 0.776. The molecule has 0 spiro atoms.